The number of ether oxygens (including phenoxy) is 5. The van der Waals surface area contributed by atoms with Crippen molar-refractivity contribution in [2.45, 2.75) is 44.3 Å². The van der Waals surface area contributed by atoms with E-state index in [4.69, 9.17) is 28.8 Å². The quantitative estimate of drug-likeness (QED) is 0.0669. The minimum Gasteiger partial charge on any atom is -0.497 e. The van der Waals surface area contributed by atoms with Gasteiger partial charge in [0.2, 0.25) is 15.8 Å². The minimum absolute atomic E-state index is 0.0252. The molecule has 0 saturated heterocycles. The second-order valence-electron chi connectivity index (χ2n) is 13.2. The van der Waals surface area contributed by atoms with Gasteiger partial charge in [0.25, 0.3) is 0 Å². The Balaban J connectivity index is 1.48. The number of benzene rings is 5. The van der Waals surface area contributed by atoms with Crippen LogP contribution >= 0.6 is 0 Å². The van der Waals surface area contributed by atoms with Gasteiger partial charge in [-0.15, -0.1) is 10.2 Å². The molecule has 0 saturated carbocycles. The van der Waals surface area contributed by atoms with E-state index in [1.165, 1.54) is 15.2 Å². The first-order valence-electron chi connectivity index (χ1n) is 18.8. The molecule has 0 fully saturated rings. The summed E-state index contributed by atoms with van der Waals surface area (Å²) in [6.07, 6.45) is 0. The molecule has 6 aromatic rings. The van der Waals surface area contributed by atoms with Gasteiger partial charge in [-0.25, -0.2) is 8.42 Å². The monoisotopic (exact) mass is 819 g/mol. The highest BCUT2D eigenvalue weighted by molar-refractivity contribution is 7.89. The maximum atomic E-state index is 15.2. The Kier molecular flexibility index (Phi) is 13.7. The molecule has 6 rings (SSSR count). The molecule has 0 aliphatic rings. The van der Waals surface area contributed by atoms with Crippen molar-refractivity contribution in [3.63, 3.8) is 0 Å². The largest absolute Gasteiger partial charge is 0.497 e. The van der Waals surface area contributed by atoms with Crippen molar-refractivity contribution < 1.29 is 41.7 Å². The van der Waals surface area contributed by atoms with Gasteiger partial charge < -0.3 is 23.7 Å². The maximum absolute atomic E-state index is 15.2. The van der Waals surface area contributed by atoms with Crippen molar-refractivity contribution in [2.24, 2.45) is 0 Å². The molecule has 0 bridgehead atoms. The Hall–Kier alpha value is -6.58. The summed E-state index contributed by atoms with van der Waals surface area (Å²) in [5, 5.41) is 13.4. The predicted molar refractivity (Wildman–Crippen MR) is 219 cm³/mol. The van der Waals surface area contributed by atoms with Crippen molar-refractivity contribution in [1.29, 1.82) is 0 Å². The summed E-state index contributed by atoms with van der Waals surface area (Å²) in [5.74, 6) is -0.739. The number of aromatic nitrogens is 4. The van der Waals surface area contributed by atoms with E-state index in [-0.39, 0.29) is 49.1 Å². The summed E-state index contributed by atoms with van der Waals surface area (Å²) in [4.78, 5) is 27.2. The topological polar surface area (TPSA) is 161 Å². The van der Waals surface area contributed by atoms with Gasteiger partial charge in [0.15, 0.2) is 5.92 Å². The number of nitrogens with zero attached hydrogens (tertiary/aromatic N) is 5. The van der Waals surface area contributed by atoms with E-state index in [1.807, 2.05) is 48.5 Å². The molecule has 0 aliphatic heterocycles. The van der Waals surface area contributed by atoms with Gasteiger partial charge in [0.05, 0.1) is 51.5 Å². The van der Waals surface area contributed by atoms with Crippen LogP contribution in [0.25, 0.3) is 22.5 Å². The van der Waals surface area contributed by atoms with E-state index in [0.29, 0.717) is 33.9 Å². The number of rotatable bonds is 18. The third kappa shape index (κ3) is 9.94. The molecule has 306 valence electrons. The third-order valence-corrected chi connectivity index (χ3v) is 11.3. The zero-order valence-electron chi connectivity index (χ0n) is 33.4. The normalized spacial score (nSPS) is 11.4. The van der Waals surface area contributed by atoms with E-state index >= 15 is 8.42 Å². The number of sulfonamides is 1. The molecule has 0 unspecified atom stereocenters. The smallest absolute Gasteiger partial charge is 0.324 e. The lowest BCUT2D eigenvalue weighted by molar-refractivity contribution is -0.156. The van der Waals surface area contributed by atoms with E-state index in [9.17, 15) is 9.59 Å². The van der Waals surface area contributed by atoms with Gasteiger partial charge in [-0.1, -0.05) is 72.8 Å². The van der Waals surface area contributed by atoms with E-state index < -0.39 is 27.9 Å². The lowest BCUT2D eigenvalue weighted by Crippen LogP contribution is -2.31. The van der Waals surface area contributed by atoms with Crippen LogP contribution in [0.2, 0.25) is 0 Å². The Labute approximate surface area is 343 Å². The first-order valence-corrected chi connectivity index (χ1v) is 20.3. The van der Waals surface area contributed by atoms with Gasteiger partial charge in [-0.05, 0) is 94.9 Å². The van der Waals surface area contributed by atoms with Crippen LogP contribution in [0.3, 0.4) is 0 Å². The summed E-state index contributed by atoms with van der Waals surface area (Å²) in [7, 11) is 0.388. The fourth-order valence-corrected chi connectivity index (χ4v) is 8.06. The number of hydrogen-bond donors (Lipinski definition) is 0. The van der Waals surface area contributed by atoms with Crippen molar-refractivity contribution in [3.05, 3.63) is 138 Å². The van der Waals surface area contributed by atoms with Gasteiger partial charge in [-0.3, -0.25) is 9.59 Å². The van der Waals surface area contributed by atoms with Crippen LogP contribution in [0.4, 0.5) is 0 Å². The molecular formula is C44H45N5O9S. The van der Waals surface area contributed by atoms with Gasteiger partial charge >= 0.3 is 11.9 Å². The number of tetrazole rings is 1. The lowest BCUT2D eigenvalue weighted by atomic mass is 9.94. The summed E-state index contributed by atoms with van der Waals surface area (Å²) in [5.41, 5.74) is 3.94. The lowest BCUT2D eigenvalue weighted by Gasteiger charge is -2.24. The molecule has 15 heteroatoms. The fourth-order valence-electron chi connectivity index (χ4n) is 6.43. The van der Waals surface area contributed by atoms with Crippen LogP contribution in [-0.2, 0) is 48.7 Å². The molecule has 14 nitrogen and oxygen atoms in total. The molecule has 0 atom stereocenters. The van der Waals surface area contributed by atoms with Crippen LogP contribution in [0.1, 0.15) is 42.0 Å². The second-order valence-corrected chi connectivity index (χ2v) is 15.1. The second kappa shape index (κ2) is 19.2. The number of methoxy groups -OCH3 is 3. The first kappa shape index (κ1) is 42.0. The molecule has 0 N–H and O–H groups in total. The Morgan fingerprint density at radius 1 is 0.661 bits per heavy atom. The highest BCUT2D eigenvalue weighted by Gasteiger charge is 2.33. The van der Waals surface area contributed by atoms with E-state index in [2.05, 4.69) is 10.3 Å². The number of carbonyl (C=O) groups is 2. The summed E-state index contributed by atoms with van der Waals surface area (Å²) >= 11 is 0. The molecule has 0 aliphatic carbocycles. The number of carbonyl (C=O) groups excluding carboxylic acids is 2. The molecule has 59 heavy (non-hydrogen) atoms. The number of hydrogen-bond acceptors (Lipinski definition) is 12. The maximum Gasteiger partial charge on any atom is 0.324 e. The van der Waals surface area contributed by atoms with E-state index in [0.717, 1.165) is 16.7 Å². The summed E-state index contributed by atoms with van der Waals surface area (Å²) in [6, 6.07) is 33.4. The fraction of sp³-hybridized carbons (Fsp3) is 0.250. The van der Waals surface area contributed by atoms with Gasteiger partial charge in [-0.2, -0.15) is 9.10 Å². The molecular weight excluding hydrogens is 775 g/mol. The van der Waals surface area contributed by atoms with Crippen LogP contribution in [0.5, 0.6) is 17.2 Å². The van der Waals surface area contributed by atoms with E-state index in [1.54, 1.807) is 95.8 Å². The highest BCUT2D eigenvalue weighted by Crippen LogP contribution is 2.38. The highest BCUT2D eigenvalue weighted by atomic mass is 32.2. The Bertz CT molecular complexity index is 2390. The van der Waals surface area contributed by atoms with Crippen molar-refractivity contribution in [1.82, 2.24) is 24.5 Å². The average molecular weight is 820 g/mol. The molecule has 1 aromatic heterocycles. The van der Waals surface area contributed by atoms with Crippen LogP contribution in [0.15, 0.2) is 120 Å². The third-order valence-electron chi connectivity index (χ3n) is 9.44. The Morgan fingerprint density at radius 3 is 1.63 bits per heavy atom. The van der Waals surface area contributed by atoms with Gasteiger partial charge in [0, 0.05) is 13.1 Å². The van der Waals surface area contributed by atoms with Crippen molar-refractivity contribution in [3.8, 4) is 39.8 Å². The average Bonchev–Trinajstić information content (AvgIpc) is 3.72. The summed E-state index contributed by atoms with van der Waals surface area (Å²) in [6.45, 7) is 3.77. The van der Waals surface area contributed by atoms with Crippen molar-refractivity contribution in [2.75, 3.05) is 34.5 Å². The van der Waals surface area contributed by atoms with Crippen LogP contribution in [-0.4, -0.2) is 79.4 Å². The molecule has 1 heterocycles. The molecule has 0 amide bonds. The predicted octanol–water partition coefficient (Wildman–Crippen LogP) is 6.68. The molecule has 5 aromatic carbocycles. The first-order chi connectivity index (χ1) is 28.6. The summed E-state index contributed by atoms with van der Waals surface area (Å²) < 4.78 is 58.2. The van der Waals surface area contributed by atoms with Crippen LogP contribution in [0, 0.1) is 0 Å². The minimum atomic E-state index is -4.33. The Morgan fingerprint density at radius 2 is 1.15 bits per heavy atom. The molecule has 0 spiro atoms. The zero-order chi connectivity index (χ0) is 41.9. The van der Waals surface area contributed by atoms with Crippen LogP contribution < -0.4 is 14.2 Å². The molecule has 0 radical (unpaired) electrons. The standard InChI is InChI=1S/C44H45N5O9S/c1-6-57-43(50)40(44(51)58-7-2)34-19-17-33(18-20-34)38-9-8-10-39(41(38)42-45-47-49(46-42)29-32-15-25-37(56-5)26-16-32)59(52,53)48(27-30-11-21-35(54-3)22-12-30)28-31-13-23-36(55-4)24-14-31/h8-26,40H,6-7,27-29H2,1-5H3. The van der Waals surface area contributed by atoms with Crippen molar-refractivity contribution >= 4 is 22.0 Å². The SMILES string of the molecule is CCOC(=O)C(C(=O)OCC)c1ccc(-c2cccc(S(=O)(=O)N(Cc3ccc(OC)cc3)Cc3ccc(OC)cc3)c2-c2nnn(Cc3ccc(OC)cc3)n2)cc1. The number of esters is 2. The zero-order valence-corrected chi connectivity index (χ0v) is 34.2. The van der Waals surface area contributed by atoms with Gasteiger partial charge in [0.1, 0.15) is 17.2 Å².